The number of benzene rings is 1. The van der Waals surface area contributed by atoms with E-state index in [0.717, 1.165) is 16.4 Å². The summed E-state index contributed by atoms with van der Waals surface area (Å²) < 4.78 is 0. The highest BCUT2D eigenvalue weighted by atomic mass is 32.1. The van der Waals surface area contributed by atoms with E-state index in [4.69, 9.17) is 5.84 Å². The van der Waals surface area contributed by atoms with Gasteiger partial charge in [-0.25, -0.2) is 0 Å². The average molecular weight is 195 g/mol. The minimum atomic E-state index is 0.751. The molecule has 2 N–H and O–H groups in total. The maximum atomic E-state index is 5.18. The van der Waals surface area contributed by atoms with E-state index >= 15 is 0 Å². The molecule has 0 aliphatic carbocycles. The van der Waals surface area contributed by atoms with Crippen molar-refractivity contribution in [2.24, 2.45) is 10.9 Å². The summed E-state index contributed by atoms with van der Waals surface area (Å²) in [7, 11) is 1.90. The minimum Gasteiger partial charge on any atom is -0.331 e. The first-order valence-electron chi connectivity index (χ1n) is 3.93. The molecule has 0 aliphatic heterocycles. The zero-order valence-electron chi connectivity index (χ0n) is 7.73. The second-order valence-electron chi connectivity index (χ2n) is 2.72. The molecule has 0 saturated heterocycles. The molecule has 0 heterocycles. The summed E-state index contributed by atoms with van der Waals surface area (Å²) in [6.07, 6.45) is 0. The van der Waals surface area contributed by atoms with Crippen LogP contribution in [-0.4, -0.2) is 12.9 Å². The lowest BCUT2D eigenvalue weighted by Crippen LogP contribution is -2.24. The van der Waals surface area contributed by atoms with E-state index in [-0.39, 0.29) is 0 Å². The van der Waals surface area contributed by atoms with Gasteiger partial charge in [-0.05, 0) is 19.1 Å². The number of hydrogen-bond donors (Lipinski definition) is 2. The fraction of sp³-hybridized carbons (Fsp3) is 0.222. The third-order valence-electron chi connectivity index (χ3n) is 1.92. The van der Waals surface area contributed by atoms with Crippen LogP contribution in [0.5, 0.6) is 0 Å². The van der Waals surface area contributed by atoms with Crippen LogP contribution in [-0.2, 0) is 0 Å². The number of nitrogens with zero attached hydrogens (tertiary/aromatic N) is 2. The average Bonchev–Trinajstić information content (AvgIpc) is 2.16. The molecule has 0 atom stereocenters. The molecule has 70 valence electrons. The van der Waals surface area contributed by atoms with E-state index < -0.39 is 0 Å². The summed E-state index contributed by atoms with van der Waals surface area (Å²) in [5.74, 6) is 5.93. The van der Waals surface area contributed by atoms with Crippen LogP contribution in [0.2, 0.25) is 0 Å². The highest BCUT2D eigenvalue weighted by Crippen LogP contribution is 2.22. The molecule has 0 aromatic heterocycles. The highest BCUT2D eigenvalue weighted by molar-refractivity contribution is 7.80. The van der Waals surface area contributed by atoms with Gasteiger partial charge >= 0.3 is 0 Å². The van der Waals surface area contributed by atoms with Crippen LogP contribution in [0.1, 0.15) is 6.92 Å². The number of hydrazone groups is 1. The largest absolute Gasteiger partial charge is 0.331 e. The Morgan fingerprint density at radius 3 is 2.62 bits per heavy atom. The Labute approximate surface area is 83.6 Å². The third-order valence-corrected chi connectivity index (χ3v) is 2.29. The number of nitrogens with two attached hydrogens (primary N) is 1. The SMILES string of the molecule is C/C(=N/N)N(C)c1ccccc1S. The molecule has 3 nitrogen and oxygen atoms in total. The van der Waals surface area contributed by atoms with Gasteiger partial charge in [-0.3, -0.25) is 0 Å². The summed E-state index contributed by atoms with van der Waals surface area (Å²) in [6.45, 7) is 1.85. The van der Waals surface area contributed by atoms with Crippen molar-refractivity contribution in [2.75, 3.05) is 11.9 Å². The predicted molar refractivity (Wildman–Crippen MR) is 59.4 cm³/mol. The van der Waals surface area contributed by atoms with Gasteiger partial charge in [0.1, 0.15) is 5.84 Å². The van der Waals surface area contributed by atoms with Gasteiger partial charge < -0.3 is 10.7 Å². The fourth-order valence-corrected chi connectivity index (χ4v) is 1.32. The lowest BCUT2D eigenvalue weighted by Gasteiger charge is -2.19. The summed E-state index contributed by atoms with van der Waals surface area (Å²) in [4.78, 5) is 2.80. The Balaban J connectivity index is 3.02. The second-order valence-corrected chi connectivity index (χ2v) is 3.21. The highest BCUT2D eigenvalue weighted by Gasteiger charge is 2.05. The quantitative estimate of drug-likeness (QED) is 0.235. The van der Waals surface area contributed by atoms with Crippen LogP contribution in [0.25, 0.3) is 0 Å². The standard InChI is InChI=1S/C9H13N3S/c1-7(11-10)12(2)8-5-3-4-6-9(8)13/h3-6,13H,10H2,1-2H3/b11-7-. The molecule has 0 radical (unpaired) electrons. The van der Waals surface area contributed by atoms with Gasteiger partial charge in [-0.15, -0.1) is 12.6 Å². The first-order valence-corrected chi connectivity index (χ1v) is 4.37. The minimum absolute atomic E-state index is 0.751. The molecule has 1 aromatic carbocycles. The smallest absolute Gasteiger partial charge is 0.125 e. The van der Waals surface area contributed by atoms with Crippen LogP contribution in [0.4, 0.5) is 5.69 Å². The van der Waals surface area contributed by atoms with Gasteiger partial charge in [0.15, 0.2) is 0 Å². The number of thiol groups is 1. The van der Waals surface area contributed by atoms with Gasteiger partial charge in [0.25, 0.3) is 0 Å². The van der Waals surface area contributed by atoms with Crippen LogP contribution in [0.15, 0.2) is 34.3 Å². The van der Waals surface area contributed by atoms with Crippen molar-refractivity contribution >= 4 is 24.2 Å². The molecule has 0 bridgehead atoms. The summed E-state index contributed by atoms with van der Waals surface area (Å²) in [5.41, 5.74) is 0.998. The van der Waals surface area contributed by atoms with Crippen molar-refractivity contribution in [1.82, 2.24) is 0 Å². The van der Waals surface area contributed by atoms with Gasteiger partial charge in [0, 0.05) is 11.9 Å². The predicted octanol–water partition coefficient (Wildman–Crippen LogP) is 1.70. The van der Waals surface area contributed by atoms with Crippen LogP contribution in [0, 0.1) is 0 Å². The second kappa shape index (κ2) is 4.18. The number of hydrogen-bond acceptors (Lipinski definition) is 3. The van der Waals surface area contributed by atoms with E-state index in [1.165, 1.54) is 0 Å². The zero-order valence-corrected chi connectivity index (χ0v) is 8.62. The third kappa shape index (κ3) is 2.15. The molecule has 1 aromatic rings. The maximum absolute atomic E-state index is 5.18. The molecule has 0 unspecified atom stereocenters. The van der Waals surface area contributed by atoms with Crippen LogP contribution in [0.3, 0.4) is 0 Å². The Hall–Kier alpha value is -1.16. The van der Waals surface area contributed by atoms with E-state index in [0.29, 0.717) is 0 Å². The van der Waals surface area contributed by atoms with Gasteiger partial charge in [0.2, 0.25) is 0 Å². The van der Waals surface area contributed by atoms with Gasteiger partial charge in [-0.1, -0.05) is 12.1 Å². The number of para-hydroxylation sites is 1. The number of anilines is 1. The molecular formula is C9H13N3S. The molecule has 0 spiro atoms. The number of rotatable bonds is 1. The Morgan fingerprint density at radius 1 is 1.46 bits per heavy atom. The van der Waals surface area contributed by atoms with Crippen LogP contribution < -0.4 is 10.7 Å². The zero-order chi connectivity index (χ0) is 9.84. The Kier molecular flexibility index (Phi) is 3.19. The Bertz CT molecular complexity index is 322. The first-order chi connectivity index (χ1) is 6.16. The molecule has 0 aliphatic rings. The number of amidine groups is 1. The molecule has 0 amide bonds. The molecule has 0 saturated carbocycles. The summed E-state index contributed by atoms with van der Waals surface area (Å²) in [5, 5.41) is 3.61. The molecule has 13 heavy (non-hydrogen) atoms. The lowest BCUT2D eigenvalue weighted by atomic mass is 10.3. The topological polar surface area (TPSA) is 41.6 Å². The van der Waals surface area contributed by atoms with Gasteiger partial charge in [0.05, 0.1) is 5.69 Å². The molecule has 1 rings (SSSR count). The molecule has 0 fully saturated rings. The van der Waals surface area contributed by atoms with Crippen LogP contribution >= 0.6 is 12.6 Å². The summed E-state index contributed by atoms with van der Waals surface area (Å²) in [6, 6.07) is 7.79. The van der Waals surface area contributed by atoms with E-state index in [2.05, 4.69) is 17.7 Å². The normalized spacial score (nSPS) is 11.5. The van der Waals surface area contributed by atoms with E-state index in [1.807, 2.05) is 43.1 Å². The monoisotopic (exact) mass is 195 g/mol. The van der Waals surface area contributed by atoms with Crippen molar-refractivity contribution in [2.45, 2.75) is 11.8 Å². The van der Waals surface area contributed by atoms with E-state index in [9.17, 15) is 0 Å². The van der Waals surface area contributed by atoms with Crippen molar-refractivity contribution < 1.29 is 0 Å². The lowest BCUT2D eigenvalue weighted by molar-refractivity contribution is 1.14. The van der Waals surface area contributed by atoms with Crippen molar-refractivity contribution in [3.63, 3.8) is 0 Å². The van der Waals surface area contributed by atoms with Crippen molar-refractivity contribution in [3.8, 4) is 0 Å². The van der Waals surface area contributed by atoms with Crippen molar-refractivity contribution in [3.05, 3.63) is 24.3 Å². The van der Waals surface area contributed by atoms with E-state index in [1.54, 1.807) is 0 Å². The fourth-order valence-electron chi connectivity index (χ4n) is 1.01. The van der Waals surface area contributed by atoms with Crippen molar-refractivity contribution in [1.29, 1.82) is 0 Å². The maximum Gasteiger partial charge on any atom is 0.125 e. The Morgan fingerprint density at radius 2 is 2.08 bits per heavy atom. The molecule has 4 heteroatoms. The van der Waals surface area contributed by atoms with Gasteiger partial charge in [-0.2, -0.15) is 5.10 Å². The summed E-state index contributed by atoms with van der Waals surface area (Å²) >= 11 is 4.33. The molecular weight excluding hydrogens is 182 g/mol. The first kappa shape index (κ1) is 9.92.